The third-order valence-electron chi connectivity index (χ3n) is 7.91. The van der Waals surface area contributed by atoms with Gasteiger partial charge in [0.1, 0.15) is 23.7 Å². The maximum atomic E-state index is 6.21. The maximum Gasteiger partial charge on any atom is 0.266 e. The number of benzene rings is 2. The first-order valence-corrected chi connectivity index (χ1v) is 16.4. The molecule has 8 heteroatoms. The van der Waals surface area contributed by atoms with Crippen molar-refractivity contribution in [3.63, 3.8) is 0 Å². The number of hydrogen-bond acceptors (Lipinski definition) is 8. The Bertz CT molecular complexity index is 2410. The van der Waals surface area contributed by atoms with Crippen LogP contribution in [-0.2, 0) is 11.3 Å². The minimum Gasteiger partial charge on any atom is -0.470 e. The number of aromatic nitrogens is 3. The highest BCUT2D eigenvalue weighted by Gasteiger charge is 2.17. The van der Waals surface area contributed by atoms with Crippen LogP contribution in [0.15, 0.2) is 171 Å². The van der Waals surface area contributed by atoms with E-state index < -0.39 is 0 Å². The van der Waals surface area contributed by atoms with E-state index in [0.29, 0.717) is 41.2 Å². The van der Waals surface area contributed by atoms with Crippen molar-refractivity contribution in [2.75, 3.05) is 7.05 Å². The first-order valence-electron chi connectivity index (χ1n) is 16.4. The van der Waals surface area contributed by atoms with Crippen molar-refractivity contribution in [3.05, 3.63) is 196 Å². The van der Waals surface area contributed by atoms with E-state index in [2.05, 4.69) is 69.1 Å². The third-order valence-corrected chi connectivity index (χ3v) is 7.91. The van der Waals surface area contributed by atoms with E-state index in [9.17, 15) is 0 Å². The molecule has 8 nitrogen and oxygen atoms in total. The van der Waals surface area contributed by atoms with Gasteiger partial charge in [0.05, 0.1) is 5.69 Å². The number of hydrogen-bond donors (Lipinski definition) is 1. The number of allylic oxidation sites excluding steroid dienone is 13. The van der Waals surface area contributed by atoms with Crippen molar-refractivity contribution < 1.29 is 9.15 Å². The fourth-order valence-electron chi connectivity index (χ4n) is 5.42. The molecule has 0 saturated heterocycles. The lowest BCUT2D eigenvalue weighted by atomic mass is 9.99. The first-order chi connectivity index (χ1) is 25.1. The maximum absolute atomic E-state index is 6.21. The van der Waals surface area contributed by atoms with Gasteiger partial charge >= 0.3 is 0 Å². The van der Waals surface area contributed by atoms with Crippen molar-refractivity contribution in [1.29, 1.82) is 0 Å². The second-order valence-electron chi connectivity index (χ2n) is 11.4. The van der Waals surface area contributed by atoms with Crippen LogP contribution in [0.5, 0.6) is 0 Å². The average Bonchev–Trinajstić information content (AvgIpc) is 3.38. The van der Waals surface area contributed by atoms with Gasteiger partial charge in [-0.1, -0.05) is 84.7 Å². The lowest BCUT2D eigenvalue weighted by Gasteiger charge is -2.12. The number of pyridine rings is 1. The fourth-order valence-corrected chi connectivity index (χ4v) is 5.42. The zero-order valence-corrected chi connectivity index (χ0v) is 28.0. The largest absolute Gasteiger partial charge is 0.470 e. The lowest BCUT2D eigenvalue weighted by Crippen LogP contribution is -2.14. The third kappa shape index (κ3) is 7.82. The molecule has 4 aromatic rings. The standard InChI is InChI=1S/C43H32N6O2/c1-30-28-31(22-27-36(30)34-16-9-5-6-10-17-34)29-50-42(47-44-2)39-21-13-20-38(45-39)37-18-11-12-19-40(46-37)43-49-48-41(51-43)35-25-23-33(24-26-35)32-14-7-3-4-8-15-32/h3-14,16,19-28,44H,29H2,1-2H3/b47-42-. The zero-order valence-electron chi connectivity index (χ0n) is 28.0. The van der Waals surface area contributed by atoms with E-state index in [-0.39, 0.29) is 5.89 Å². The molecule has 1 aliphatic heterocycles. The summed E-state index contributed by atoms with van der Waals surface area (Å²) in [6.07, 6.45) is 25.2. The van der Waals surface area contributed by atoms with Crippen LogP contribution in [-0.4, -0.2) is 33.8 Å². The first kappa shape index (κ1) is 32.5. The van der Waals surface area contributed by atoms with Crippen LogP contribution in [0.2, 0.25) is 0 Å². The normalized spacial score (nSPS) is 14.7. The van der Waals surface area contributed by atoms with Crippen LogP contribution >= 0.6 is 0 Å². The summed E-state index contributed by atoms with van der Waals surface area (Å²) in [6.45, 7) is 2.39. The van der Waals surface area contributed by atoms with Gasteiger partial charge in [-0.2, -0.15) is 0 Å². The van der Waals surface area contributed by atoms with Crippen LogP contribution in [0.1, 0.15) is 39.5 Å². The summed E-state index contributed by atoms with van der Waals surface area (Å²) in [4.78, 5) is 9.65. The molecule has 2 aromatic heterocycles. The Morgan fingerprint density at radius 3 is 2.31 bits per heavy atom. The molecule has 7 rings (SSSR count). The molecule has 0 radical (unpaired) electrons. The number of nitrogens with zero attached hydrogens (tertiary/aromatic N) is 5. The monoisotopic (exact) mass is 664 g/mol. The quantitative estimate of drug-likeness (QED) is 0.0835. The van der Waals surface area contributed by atoms with E-state index in [1.807, 2.05) is 103 Å². The number of aliphatic imine (C=N–C) groups is 1. The number of rotatable bonds is 9. The molecule has 0 spiro atoms. The predicted octanol–water partition coefficient (Wildman–Crippen LogP) is 8.42. The van der Waals surface area contributed by atoms with E-state index >= 15 is 0 Å². The number of aryl methyl sites for hydroxylation is 1. The molecule has 51 heavy (non-hydrogen) atoms. The fraction of sp³-hybridized carbons (Fsp3) is 0.0698. The number of ether oxygens (including phenoxy) is 1. The van der Waals surface area contributed by atoms with Crippen molar-refractivity contribution in [1.82, 2.24) is 20.6 Å². The SMILES string of the molecule is CN/N=C(\OCc1ccc(C2=C=CC=CC=C2)c(C)c1)c1cccc(C2=C=CC=CC(c3nnc(-c4ccc(C5=C=CC=CC=C5)cc4)o3)=N2)n1. The zero-order chi connectivity index (χ0) is 34.8. The highest BCUT2D eigenvalue weighted by Crippen LogP contribution is 2.25. The van der Waals surface area contributed by atoms with Gasteiger partial charge in [0.15, 0.2) is 0 Å². The Balaban J connectivity index is 1.08. The van der Waals surface area contributed by atoms with Crippen LogP contribution in [0.4, 0.5) is 0 Å². The summed E-state index contributed by atoms with van der Waals surface area (Å²) in [7, 11) is 1.72. The van der Waals surface area contributed by atoms with E-state index in [0.717, 1.165) is 39.0 Å². The summed E-state index contributed by atoms with van der Waals surface area (Å²) in [5, 5.41) is 13.0. The smallest absolute Gasteiger partial charge is 0.266 e. The molecule has 1 N–H and O–H groups in total. The number of hydrazone groups is 1. The molecule has 0 bridgehead atoms. The van der Waals surface area contributed by atoms with Gasteiger partial charge < -0.3 is 14.6 Å². The Kier molecular flexibility index (Phi) is 9.83. The summed E-state index contributed by atoms with van der Waals surface area (Å²) in [5.41, 5.74) is 21.9. The van der Waals surface area contributed by atoms with Crippen LogP contribution in [0.3, 0.4) is 0 Å². The molecule has 3 heterocycles. The van der Waals surface area contributed by atoms with Crippen LogP contribution in [0, 0.1) is 6.92 Å². The topological polar surface area (TPSA) is 97.8 Å². The van der Waals surface area contributed by atoms with E-state index in [4.69, 9.17) is 19.1 Å². The van der Waals surface area contributed by atoms with Gasteiger partial charge in [-0.25, -0.2) is 9.98 Å². The van der Waals surface area contributed by atoms with Gasteiger partial charge in [0.25, 0.3) is 11.8 Å². The van der Waals surface area contributed by atoms with E-state index in [1.54, 1.807) is 19.2 Å². The number of nitrogens with one attached hydrogen (secondary N) is 1. The van der Waals surface area contributed by atoms with Crippen molar-refractivity contribution in [2.24, 2.45) is 10.1 Å². The summed E-state index contributed by atoms with van der Waals surface area (Å²) >= 11 is 0. The molecular formula is C43H32N6O2. The van der Waals surface area contributed by atoms with Gasteiger partial charge in [0.2, 0.25) is 5.89 Å². The van der Waals surface area contributed by atoms with Gasteiger partial charge in [-0.15, -0.1) is 26.8 Å². The molecule has 0 amide bonds. The Hall–Kier alpha value is -7.07. The molecule has 0 saturated carbocycles. The molecule has 2 aliphatic carbocycles. The average molecular weight is 665 g/mol. The van der Waals surface area contributed by atoms with Crippen molar-refractivity contribution in [2.45, 2.75) is 13.5 Å². The van der Waals surface area contributed by atoms with Gasteiger partial charge in [-0.3, -0.25) is 0 Å². The minimum atomic E-state index is 0.278. The molecule has 0 unspecified atom stereocenters. The highest BCUT2D eigenvalue weighted by molar-refractivity contribution is 6.08. The van der Waals surface area contributed by atoms with Gasteiger partial charge in [-0.05, 0) is 89.9 Å². The molecule has 246 valence electrons. The molecular weight excluding hydrogens is 633 g/mol. The lowest BCUT2D eigenvalue weighted by molar-refractivity contribution is 0.290. The molecule has 0 atom stereocenters. The Labute approximate surface area is 296 Å². The summed E-state index contributed by atoms with van der Waals surface area (Å²) in [6, 6.07) is 19.8. The predicted molar refractivity (Wildman–Crippen MR) is 202 cm³/mol. The Morgan fingerprint density at radius 1 is 0.765 bits per heavy atom. The molecule has 0 fully saturated rings. The molecule has 2 aromatic carbocycles. The van der Waals surface area contributed by atoms with Crippen LogP contribution < -0.4 is 5.43 Å². The van der Waals surface area contributed by atoms with E-state index in [1.165, 1.54) is 0 Å². The van der Waals surface area contributed by atoms with Crippen molar-refractivity contribution >= 4 is 28.5 Å². The van der Waals surface area contributed by atoms with Crippen LogP contribution in [0.25, 0.3) is 28.3 Å². The second kappa shape index (κ2) is 15.4. The Morgan fingerprint density at radius 2 is 1.51 bits per heavy atom. The van der Waals surface area contributed by atoms with Gasteiger partial charge in [0, 0.05) is 23.8 Å². The summed E-state index contributed by atoms with van der Waals surface area (Å²) < 4.78 is 12.3. The van der Waals surface area contributed by atoms with Crippen molar-refractivity contribution in [3.8, 4) is 11.5 Å². The summed E-state index contributed by atoms with van der Waals surface area (Å²) in [5.74, 6) is 1.01. The highest BCUT2D eigenvalue weighted by atomic mass is 16.5. The second-order valence-corrected chi connectivity index (χ2v) is 11.4. The minimum absolute atomic E-state index is 0.278. The molecule has 3 aliphatic rings.